The van der Waals surface area contributed by atoms with Crippen LogP contribution in [0, 0.1) is 5.92 Å². The Balaban J connectivity index is 1.55. The van der Waals surface area contributed by atoms with Crippen molar-refractivity contribution >= 4 is 21.6 Å². The molecule has 4 rings (SSSR count). The Morgan fingerprint density at radius 2 is 2.16 bits per heavy atom. The number of carbonyl (C=O) groups is 1. The van der Waals surface area contributed by atoms with Crippen molar-refractivity contribution in [2.45, 2.75) is 44.2 Å². The number of nitrogens with one attached hydrogen (secondary N) is 2. The summed E-state index contributed by atoms with van der Waals surface area (Å²) in [6.07, 6.45) is 9.40. The van der Waals surface area contributed by atoms with E-state index in [1.165, 1.54) is 12.3 Å². The van der Waals surface area contributed by atoms with E-state index in [-0.39, 0.29) is 29.9 Å². The maximum atomic E-state index is 13.1. The molecule has 0 aromatic carbocycles. The van der Waals surface area contributed by atoms with Gasteiger partial charge >= 0.3 is 0 Å². The third kappa shape index (κ3) is 5.82. The molecule has 10 heteroatoms. The van der Waals surface area contributed by atoms with Gasteiger partial charge in [-0.25, -0.2) is 23.4 Å². The molecule has 2 saturated carbocycles. The van der Waals surface area contributed by atoms with Crippen molar-refractivity contribution in [3.63, 3.8) is 0 Å². The maximum absolute atomic E-state index is 13.1. The van der Waals surface area contributed by atoms with Crippen LogP contribution in [0.3, 0.4) is 0 Å². The smallest absolute Gasteiger partial charge is 0.274 e. The number of sulfone groups is 1. The van der Waals surface area contributed by atoms with Crippen LogP contribution in [0.5, 0.6) is 5.88 Å². The molecule has 0 spiro atoms. The third-order valence-electron chi connectivity index (χ3n) is 5.36. The number of ether oxygens (including phenoxy) is 1. The molecule has 1 atom stereocenters. The van der Waals surface area contributed by atoms with Gasteiger partial charge in [0.25, 0.3) is 5.91 Å². The number of pyridine rings is 1. The summed E-state index contributed by atoms with van der Waals surface area (Å²) in [6, 6.07) is 2.88. The maximum Gasteiger partial charge on any atom is 0.274 e. The van der Waals surface area contributed by atoms with E-state index in [2.05, 4.69) is 25.6 Å². The minimum absolute atomic E-state index is 0.0444. The molecule has 0 radical (unpaired) electrons. The largest absolute Gasteiger partial charge is 0.481 e. The predicted octanol–water partition coefficient (Wildman–Crippen LogP) is 2.44. The molecule has 0 saturated heterocycles. The summed E-state index contributed by atoms with van der Waals surface area (Å²) in [5.74, 6) is 0.184. The number of nitrogens with zero attached hydrogens (tertiary/aromatic N) is 3. The average molecular weight is 461 g/mol. The fourth-order valence-electron chi connectivity index (χ4n) is 3.32. The highest BCUT2D eigenvalue weighted by atomic mass is 32.2. The summed E-state index contributed by atoms with van der Waals surface area (Å²) in [5, 5.41) is 7.05. The lowest BCUT2D eigenvalue weighted by atomic mass is 10.1. The molecule has 2 aromatic heterocycles. The normalized spacial score (nSPS) is 19.0. The highest BCUT2D eigenvalue weighted by Gasteiger charge is 2.32. The number of carbonyl (C=O) groups excluding carboxylic acids is 1. The van der Waals surface area contributed by atoms with Gasteiger partial charge in [-0.3, -0.25) is 4.79 Å². The first-order valence-corrected chi connectivity index (χ1v) is 12.4. The molecule has 0 unspecified atom stereocenters. The van der Waals surface area contributed by atoms with Gasteiger partial charge in [0.2, 0.25) is 5.88 Å². The minimum Gasteiger partial charge on any atom is -0.481 e. The van der Waals surface area contributed by atoms with Crippen LogP contribution in [0.4, 0.5) is 5.82 Å². The van der Waals surface area contributed by atoms with E-state index in [1.54, 1.807) is 18.3 Å². The Labute approximate surface area is 191 Å². The number of amides is 1. The molecule has 170 valence electrons. The lowest BCUT2D eigenvalue weighted by molar-refractivity contribution is 0.0936. The number of methoxy groups -OCH3 is 1. The fourth-order valence-corrected chi connectivity index (χ4v) is 3.78. The first-order valence-electron chi connectivity index (χ1n) is 11.9. The number of rotatable bonds is 10. The number of hydrogen-bond donors (Lipinski definition) is 2. The number of aromatic nitrogens is 3. The van der Waals surface area contributed by atoms with Crippen LogP contribution in [0.25, 0.3) is 0 Å². The van der Waals surface area contributed by atoms with Gasteiger partial charge in [-0.2, -0.15) is 0 Å². The summed E-state index contributed by atoms with van der Waals surface area (Å²) in [6.45, 7) is 0.0996. The van der Waals surface area contributed by atoms with Crippen LogP contribution in [-0.4, -0.2) is 48.6 Å². The Bertz CT molecular complexity index is 1230. The molecule has 2 aliphatic carbocycles. The Kier molecular flexibility index (Phi) is 5.35. The van der Waals surface area contributed by atoms with E-state index in [0.717, 1.165) is 43.0 Å². The highest BCUT2D eigenvalue weighted by molar-refractivity contribution is 7.93. The van der Waals surface area contributed by atoms with E-state index < -0.39 is 28.8 Å². The van der Waals surface area contributed by atoms with E-state index in [1.807, 2.05) is 0 Å². The van der Waals surface area contributed by atoms with E-state index >= 15 is 0 Å². The predicted molar refractivity (Wildman–Crippen MR) is 120 cm³/mol. The standard InChI is InChI=1S/C22H27N5O4S/c1-31-22-16(4-3-10-23-22)12-25-20-19(24-13-18(26-20)15-7-8-15)21(28)27-17(14-5-6-14)9-11-32(2,29)30/h3-4,9-11,13-15,17H,5-8,12H2,1-2H3,(H,25,26)(H,27,28)/b11-9+/t17-/m1/s1/i1D3. The topological polar surface area (TPSA) is 123 Å². The summed E-state index contributed by atoms with van der Waals surface area (Å²) in [7, 11) is -5.98. The van der Waals surface area contributed by atoms with Crippen molar-refractivity contribution in [2.24, 2.45) is 5.92 Å². The minimum atomic E-state index is -3.33. The van der Waals surface area contributed by atoms with Crippen molar-refractivity contribution in [3.05, 3.63) is 53.0 Å². The lowest BCUT2D eigenvalue weighted by Crippen LogP contribution is -2.36. The number of anilines is 1. The lowest BCUT2D eigenvalue weighted by Gasteiger charge is -2.16. The van der Waals surface area contributed by atoms with Gasteiger partial charge in [0.1, 0.15) is 0 Å². The Hall–Kier alpha value is -3.01. The second-order valence-corrected chi connectivity index (χ2v) is 10.1. The molecule has 1 amide bonds. The zero-order chi connectivity index (χ0) is 25.2. The molecule has 2 aliphatic rings. The molecular formula is C22H27N5O4S. The van der Waals surface area contributed by atoms with Crippen LogP contribution in [0.15, 0.2) is 36.0 Å². The first kappa shape index (κ1) is 18.6. The van der Waals surface area contributed by atoms with Crippen molar-refractivity contribution < 1.29 is 22.1 Å². The van der Waals surface area contributed by atoms with Crippen molar-refractivity contribution in [2.75, 3.05) is 18.6 Å². The van der Waals surface area contributed by atoms with Gasteiger partial charge in [0.05, 0.1) is 22.9 Å². The SMILES string of the molecule is [2H]C([2H])([2H])Oc1ncccc1CNc1nc(C2CC2)cnc1C(=O)N[C@H](/C=C/S(C)(=O)=O)C1CC1. The van der Waals surface area contributed by atoms with Crippen LogP contribution >= 0.6 is 0 Å². The van der Waals surface area contributed by atoms with Crippen molar-refractivity contribution in [1.29, 1.82) is 0 Å². The van der Waals surface area contributed by atoms with Crippen molar-refractivity contribution in [1.82, 2.24) is 20.3 Å². The highest BCUT2D eigenvalue weighted by Crippen LogP contribution is 2.39. The van der Waals surface area contributed by atoms with Crippen LogP contribution in [-0.2, 0) is 16.4 Å². The molecule has 2 fully saturated rings. The number of hydrogen-bond acceptors (Lipinski definition) is 8. The molecule has 0 bridgehead atoms. The van der Waals surface area contributed by atoms with E-state index in [0.29, 0.717) is 11.5 Å². The van der Waals surface area contributed by atoms with Crippen LogP contribution < -0.4 is 15.4 Å². The molecule has 32 heavy (non-hydrogen) atoms. The van der Waals surface area contributed by atoms with Gasteiger partial charge in [-0.15, -0.1) is 0 Å². The molecule has 9 nitrogen and oxygen atoms in total. The fraction of sp³-hybridized carbons (Fsp3) is 0.455. The molecule has 0 aliphatic heterocycles. The molecular weight excluding hydrogens is 430 g/mol. The first-order chi connectivity index (χ1) is 16.5. The van der Waals surface area contributed by atoms with Gasteiger partial charge in [-0.1, -0.05) is 12.1 Å². The van der Waals surface area contributed by atoms with Gasteiger partial charge in [0, 0.05) is 42.1 Å². The zero-order valence-corrected chi connectivity index (χ0v) is 18.4. The second-order valence-electron chi connectivity index (χ2n) is 8.18. The zero-order valence-electron chi connectivity index (χ0n) is 20.6. The molecule has 2 aromatic rings. The van der Waals surface area contributed by atoms with Crippen LogP contribution in [0.1, 0.15) is 57.5 Å². The summed E-state index contributed by atoms with van der Waals surface area (Å²) < 4.78 is 50.1. The van der Waals surface area contributed by atoms with E-state index in [4.69, 9.17) is 8.85 Å². The van der Waals surface area contributed by atoms with Crippen LogP contribution in [0.2, 0.25) is 0 Å². The van der Waals surface area contributed by atoms with Gasteiger partial charge in [-0.05, 0) is 37.7 Å². The average Bonchev–Trinajstić information content (AvgIpc) is 3.67. The monoisotopic (exact) mass is 460 g/mol. The summed E-state index contributed by atoms with van der Waals surface area (Å²) in [5.41, 5.74) is 1.31. The Morgan fingerprint density at radius 3 is 2.84 bits per heavy atom. The van der Waals surface area contributed by atoms with Crippen molar-refractivity contribution in [3.8, 4) is 5.88 Å². The molecule has 2 heterocycles. The van der Waals surface area contributed by atoms with Gasteiger partial charge in [0.15, 0.2) is 21.3 Å². The molecule has 2 N–H and O–H groups in total. The van der Waals surface area contributed by atoms with Gasteiger partial charge < -0.3 is 15.4 Å². The summed E-state index contributed by atoms with van der Waals surface area (Å²) in [4.78, 5) is 26.1. The van der Waals surface area contributed by atoms with E-state index in [9.17, 15) is 13.2 Å². The third-order valence-corrected chi connectivity index (χ3v) is 6.01. The quantitative estimate of drug-likeness (QED) is 0.554. The Morgan fingerprint density at radius 1 is 1.34 bits per heavy atom. The second kappa shape index (κ2) is 9.23. The summed E-state index contributed by atoms with van der Waals surface area (Å²) >= 11 is 0.